The van der Waals surface area contributed by atoms with Gasteiger partial charge in [-0.2, -0.15) is 15.2 Å². The highest BCUT2D eigenvalue weighted by atomic mass is 16.6. The van der Waals surface area contributed by atoms with Gasteiger partial charge in [0.1, 0.15) is 30.7 Å². The Hall–Kier alpha value is -4.04. The van der Waals surface area contributed by atoms with E-state index >= 15 is 0 Å². The van der Waals surface area contributed by atoms with E-state index in [1.165, 1.54) is 19.3 Å². The Kier molecular flexibility index (Phi) is 7.60. The summed E-state index contributed by atoms with van der Waals surface area (Å²) in [5.74, 6) is 2.12. The fraction of sp³-hybridized carbons (Fsp3) is 0.517. The van der Waals surface area contributed by atoms with Crippen molar-refractivity contribution in [3.8, 4) is 17.6 Å². The number of anilines is 3. The number of nitrogens with one attached hydrogen (secondary N) is 4. The van der Waals surface area contributed by atoms with Crippen molar-refractivity contribution >= 4 is 34.4 Å². The number of carbonyl (C=O) groups is 1. The van der Waals surface area contributed by atoms with E-state index in [9.17, 15) is 10.1 Å². The number of hydrogen-bond acceptors (Lipinski definition) is 9. The predicted molar refractivity (Wildman–Crippen MR) is 152 cm³/mol. The number of rotatable bonds is 7. The number of H-pyrrole nitrogens is 1. The Morgan fingerprint density at radius 2 is 1.85 bits per heavy atom. The van der Waals surface area contributed by atoms with Crippen LogP contribution in [0.2, 0.25) is 0 Å². The number of fused-ring (bicyclic) bond motifs is 2. The molecule has 0 radical (unpaired) electrons. The van der Waals surface area contributed by atoms with E-state index in [2.05, 4.69) is 43.9 Å². The van der Waals surface area contributed by atoms with Crippen LogP contribution in [-0.2, 0) is 11.2 Å². The Labute approximate surface area is 233 Å². The van der Waals surface area contributed by atoms with Crippen molar-refractivity contribution in [2.45, 2.75) is 63.5 Å². The van der Waals surface area contributed by atoms with Crippen molar-refractivity contribution in [2.24, 2.45) is 0 Å². The molecule has 1 saturated heterocycles. The lowest BCUT2D eigenvalue weighted by atomic mass is 9.95. The topological polar surface area (TPSA) is 140 Å². The van der Waals surface area contributed by atoms with Gasteiger partial charge in [-0.05, 0) is 51.9 Å². The van der Waals surface area contributed by atoms with Gasteiger partial charge >= 0.3 is 0 Å². The first-order valence-electron chi connectivity index (χ1n) is 14.3. The van der Waals surface area contributed by atoms with Crippen LogP contribution < -0.4 is 25.4 Å². The van der Waals surface area contributed by atoms with Gasteiger partial charge in [0.05, 0.1) is 23.1 Å². The molecule has 1 aliphatic carbocycles. The number of amides is 1. The van der Waals surface area contributed by atoms with Crippen LogP contribution in [0.1, 0.15) is 56.1 Å². The van der Waals surface area contributed by atoms with Gasteiger partial charge in [-0.15, -0.1) is 0 Å². The number of likely N-dealkylation sites (tertiary alicyclic amines) is 1. The molecule has 4 heterocycles. The Bertz CT molecular complexity index is 1420. The summed E-state index contributed by atoms with van der Waals surface area (Å²) in [5.41, 5.74) is 2.53. The summed E-state index contributed by atoms with van der Waals surface area (Å²) in [7, 11) is 2.11. The number of carbonyl (C=O) groups excluding carboxylic acids is 1. The number of nitriles is 1. The number of ether oxygens (including phenoxy) is 2. The minimum Gasteiger partial charge on any atom is -0.486 e. The number of aromatic amines is 1. The summed E-state index contributed by atoms with van der Waals surface area (Å²) in [6, 6.07) is 6.53. The maximum absolute atomic E-state index is 12.9. The van der Waals surface area contributed by atoms with E-state index in [0.717, 1.165) is 44.3 Å². The molecule has 0 spiro atoms. The average Bonchev–Trinajstić information content (AvgIpc) is 3.40. The average molecular weight is 545 g/mol. The molecule has 2 aromatic heterocycles. The van der Waals surface area contributed by atoms with Gasteiger partial charge in [0.25, 0.3) is 0 Å². The lowest BCUT2D eigenvalue weighted by molar-refractivity contribution is -0.121. The first-order valence-corrected chi connectivity index (χ1v) is 14.3. The maximum Gasteiger partial charge on any atom is 0.231 e. The van der Waals surface area contributed by atoms with Crippen LogP contribution in [0.15, 0.2) is 18.3 Å². The maximum atomic E-state index is 12.9. The van der Waals surface area contributed by atoms with Crippen molar-refractivity contribution in [1.29, 1.82) is 5.26 Å². The monoisotopic (exact) mass is 544 g/mol. The molecule has 0 bridgehead atoms. The number of nitrogens with zero attached hydrogens (tertiary/aromatic N) is 4. The minimum atomic E-state index is -0.0149. The Balaban J connectivity index is 1.24. The summed E-state index contributed by atoms with van der Waals surface area (Å²) < 4.78 is 12.0. The molecule has 1 aromatic carbocycles. The SMILES string of the molecule is CN1CCC(NC(=O)Cc2ccc(Nc3nc(NC4CCCCC4)c4c(C#N)c[nH]c4n3)c3c2OCCO3)CC1. The van der Waals surface area contributed by atoms with E-state index in [1.54, 1.807) is 6.20 Å². The molecular formula is C29H36N8O3. The summed E-state index contributed by atoms with van der Waals surface area (Å²) in [5, 5.41) is 20.4. The summed E-state index contributed by atoms with van der Waals surface area (Å²) >= 11 is 0. The molecule has 11 heteroatoms. The molecule has 40 heavy (non-hydrogen) atoms. The number of piperidine rings is 1. The van der Waals surface area contributed by atoms with Crippen LogP contribution in [-0.4, -0.2) is 71.2 Å². The molecule has 2 aliphatic heterocycles. The standard InChI is InChI=1S/C29H36N8O3/c1-37-11-9-21(10-12-37)32-23(38)15-18-7-8-22(26-25(18)39-13-14-40-26)34-29-35-27-24(19(16-30)17-31-27)28(36-29)33-20-5-3-2-4-6-20/h7-8,17,20-21H,2-6,9-15H2,1H3,(H,32,38)(H3,31,33,34,35,36). The minimum absolute atomic E-state index is 0.0149. The van der Waals surface area contributed by atoms with Gasteiger partial charge in [0.2, 0.25) is 11.9 Å². The van der Waals surface area contributed by atoms with Gasteiger partial charge < -0.3 is 35.3 Å². The normalized spacial score (nSPS) is 18.3. The molecule has 0 unspecified atom stereocenters. The summed E-state index contributed by atoms with van der Waals surface area (Å²) in [6.07, 6.45) is 9.57. The lowest BCUT2D eigenvalue weighted by Crippen LogP contribution is -2.43. The van der Waals surface area contributed by atoms with E-state index < -0.39 is 0 Å². The summed E-state index contributed by atoms with van der Waals surface area (Å²) in [6.45, 7) is 2.80. The molecule has 1 saturated carbocycles. The van der Waals surface area contributed by atoms with Gasteiger partial charge in [0.15, 0.2) is 11.5 Å². The highest BCUT2D eigenvalue weighted by Gasteiger charge is 2.25. The molecule has 0 atom stereocenters. The van der Waals surface area contributed by atoms with E-state index in [4.69, 9.17) is 14.5 Å². The molecular weight excluding hydrogens is 508 g/mol. The van der Waals surface area contributed by atoms with Crippen molar-refractivity contribution in [2.75, 3.05) is 44.0 Å². The first-order chi connectivity index (χ1) is 19.6. The Morgan fingerprint density at radius 3 is 2.62 bits per heavy atom. The van der Waals surface area contributed by atoms with Gasteiger partial charge in [0, 0.05) is 23.8 Å². The number of aromatic nitrogens is 3. The van der Waals surface area contributed by atoms with Crippen LogP contribution >= 0.6 is 0 Å². The van der Waals surface area contributed by atoms with Crippen LogP contribution in [0, 0.1) is 11.3 Å². The zero-order valence-electron chi connectivity index (χ0n) is 22.9. The quantitative estimate of drug-likeness (QED) is 0.349. The fourth-order valence-corrected chi connectivity index (χ4v) is 5.88. The third-order valence-corrected chi connectivity index (χ3v) is 8.05. The van der Waals surface area contributed by atoms with E-state index in [1.807, 2.05) is 12.1 Å². The molecule has 6 rings (SSSR count). The third kappa shape index (κ3) is 5.63. The Morgan fingerprint density at radius 1 is 1.07 bits per heavy atom. The largest absolute Gasteiger partial charge is 0.486 e. The van der Waals surface area contributed by atoms with Gasteiger partial charge in [-0.3, -0.25) is 4.79 Å². The smallest absolute Gasteiger partial charge is 0.231 e. The number of hydrogen-bond donors (Lipinski definition) is 4. The highest BCUT2D eigenvalue weighted by Crippen LogP contribution is 2.42. The third-order valence-electron chi connectivity index (χ3n) is 8.05. The van der Waals surface area contributed by atoms with Crippen LogP contribution in [0.4, 0.5) is 17.5 Å². The molecule has 1 amide bonds. The van der Waals surface area contributed by atoms with E-state index in [-0.39, 0.29) is 18.4 Å². The van der Waals surface area contributed by atoms with Crippen LogP contribution in [0.3, 0.4) is 0 Å². The molecule has 3 aliphatic rings. The van der Waals surface area contributed by atoms with Crippen LogP contribution in [0.5, 0.6) is 11.5 Å². The van der Waals surface area contributed by atoms with E-state index in [0.29, 0.717) is 64.8 Å². The van der Waals surface area contributed by atoms with Crippen molar-refractivity contribution in [3.63, 3.8) is 0 Å². The first kappa shape index (κ1) is 26.2. The second-order valence-electron chi connectivity index (χ2n) is 11.0. The second kappa shape index (κ2) is 11.6. The fourth-order valence-electron chi connectivity index (χ4n) is 5.88. The zero-order valence-corrected chi connectivity index (χ0v) is 22.9. The van der Waals surface area contributed by atoms with Gasteiger partial charge in [-0.1, -0.05) is 25.3 Å². The van der Waals surface area contributed by atoms with Crippen molar-refractivity contribution < 1.29 is 14.3 Å². The van der Waals surface area contributed by atoms with Crippen molar-refractivity contribution in [3.05, 3.63) is 29.5 Å². The molecule has 11 nitrogen and oxygen atoms in total. The molecule has 3 aromatic rings. The lowest BCUT2D eigenvalue weighted by Gasteiger charge is -2.29. The second-order valence-corrected chi connectivity index (χ2v) is 11.0. The van der Waals surface area contributed by atoms with Crippen LogP contribution in [0.25, 0.3) is 11.0 Å². The number of benzene rings is 1. The molecule has 210 valence electrons. The molecule has 4 N–H and O–H groups in total. The van der Waals surface area contributed by atoms with Crippen molar-refractivity contribution in [1.82, 2.24) is 25.2 Å². The zero-order chi connectivity index (χ0) is 27.5. The molecule has 2 fully saturated rings. The summed E-state index contributed by atoms with van der Waals surface area (Å²) in [4.78, 5) is 27.7. The predicted octanol–water partition coefficient (Wildman–Crippen LogP) is 3.84. The van der Waals surface area contributed by atoms with Gasteiger partial charge in [-0.25, -0.2) is 0 Å². The highest BCUT2D eigenvalue weighted by molar-refractivity contribution is 5.94.